The molecular formula is C12H14ClNO. The van der Waals surface area contributed by atoms with Crippen LogP contribution in [0.3, 0.4) is 0 Å². The fourth-order valence-electron chi connectivity index (χ4n) is 1.29. The second-order valence-corrected chi connectivity index (χ2v) is 3.02. The summed E-state index contributed by atoms with van der Waals surface area (Å²) in [6, 6.07) is 7.76. The van der Waals surface area contributed by atoms with E-state index in [1.807, 2.05) is 38.1 Å². The Bertz CT molecular complexity index is 443. The van der Waals surface area contributed by atoms with Gasteiger partial charge in [-0.05, 0) is 0 Å². The summed E-state index contributed by atoms with van der Waals surface area (Å²) in [4.78, 5) is 4.02. The molecule has 0 aliphatic heterocycles. The van der Waals surface area contributed by atoms with Gasteiger partial charge in [0, 0.05) is 10.8 Å². The van der Waals surface area contributed by atoms with Crippen molar-refractivity contribution in [1.29, 1.82) is 0 Å². The molecule has 1 aromatic carbocycles. The summed E-state index contributed by atoms with van der Waals surface area (Å²) in [7, 11) is 1.62. The van der Waals surface area contributed by atoms with E-state index in [4.69, 9.17) is 16.3 Å². The van der Waals surface area contributed by atoms with Crippen LogP contribution in [0, 0.1) is 0 Å². The first-order valence-electron chi connectivity index (χ1n) is 4.90. The Labute approximate surface area is 94.9 Å². The molecule has 0 saturated carbocycles. The van der Waals surface area contributed by atoms with Crippen molar-refractivity contribution in [1.82, 2.24) is 4.98 Å². The van der Waals surface area contributed by atoms with E-state index in [2.05, 4.69) is 4.98 Å². The number of pyridine rings is 1. The number of ether oxygens (including phenoxy) is 1. The maximum absolute atomic E-state index is 5.92. The van der Waals surface area contributed by atoms with E-state index in [1.54, 1.807) is 13.3 Å². The average Bonchev–Trinajstić information content (AvgIpc) is 2.33. The smallest absolute Gasteiger partial charge is 0.145 e. The summed E-state index contributed by atoms with van der Waals surface area (Å²) in [6.07, 6.45) is 1.63. The standard InChI is InChI=1S/C10H8ClNO.C2H6/c1-13-9-6-12-10(11)8-5-3-2-4-7(8)9;1-2/h2-6H,1H3;1-2H3. The van der Waals surface area contributed by atoms with Crippen molar-refractivity contribution < 1.29 is 4.74 Å². The summed E-state index contributed by atoms with van der Waals surface area (Å²) in [5, 5.41) is 2.42. The molecule has 0 bridgehead atoms. The Hall–Kier alpha value is -1.28. The van der Waals surface area contributed by atoms with Crippen LogP contribution in [0.25, 0.3) is 10.8 Å². The molecule has 0 atom stereocenters. The molecule has 0 aliphatic carbocycles. The van der Waals surface area contributed by atoms with Crippen molar-refractivity contribution in [3.05, 3.63) is 35.6 Å². The number of rotatable bonds is 1. The van der Waals surface area contributed by atoms with Crippen molar-refractivity contribution in [3.63, 3.8) is 0 Å². The molecule has 0 unspecified atom stereocenters. The number of hydrogen-bond donors (Lipinski definition) is 0. The third kappa shape index (κ3) is 2.39. The van der Waals surface area contributed by atoms with E-state index in [1.165, 1.54) is 0 Å². The van der Waals surface area contributed by atoms with Gasteiger partial charge in [-0.2, -0.15) is 0 Å². The Balaban J connectivity index is 0.000000531. The number of nitrogens with zero attached hydrogens (tertiary/aromatic N) is 1. The lowest BCUT2D eigenvalue weighted by atomic mass is 10.2. The van der Waals surface area contributed by atoms with Crippen LogP contribution in [0.5, 0.6) is 5.75 Å². The van der Waals surface area contributed by atoms with E-state index in [0.29, 0.717) is 5.15 Å². The normalized spacial score (nSPS) is 9.33. The van der Waals surface area contributed by atoms with Crippen molar-refractivity contribution in [2.45, 2.75) is 13.8 Å². The summed E-state index contributed by atoms with van der Waals surface area (Å²) >= 11 is 5.92. The van der Waals surface area contributed by atoms with Gasteiger partial charge in [0.1, 0.15) is 10.9 Å². The number of methoxy groups -OCH3 is 1. The molecule has 0 radical (unpaired) electrons. The van der Waals surface area contributed by atoms with Gasteiger partial charge in [0.15, 0.2) is 0 Å². The molecule has 2 aromatic rings. The maximum Gasteiger partial charge on any atom is 0.145 e. The highest BCUT2D eigenvalue weighted by Crippen LogP contribution is 2.28. The largest absolute Gasteiger partial charge is 0.494 e. The van der Waals surface area contributed by atoms with Gasteiger partial charge in [-0.1, -0.05) is 49.7 Å². The lowest BCUT2D eigenvalue weighted by molar-refractivity contribution is 0.418. The number of benzene rings is 1. The van der Waals surface area contributed by atoms with Gasteiger partial charge in [0.05, 0.1) is 13.3 Å². The Morgan fingerprint density at radius 2 is 1.73 bits per heavy atom. The lowest BCUT2D eigenvalue weighted by Gasteiger charge is -2.04. The highest BCUT2D eigenvalue weighted by Gasteiger charge is 2.04. The molecule has 15 heavy (non-hydrogen) atoms. The molecule has 2 nitrogen and oxygen atoms in total. The average molecular weight is 224 g/mol. The molecule has 80 valence electrons. The molecule has 0 spiro atoms. The quantitative estimate of drug-likeness (QED) is 0.684. The summed E-state index contributed by atoms with van der Waals surface area (Å²) < 4.78 is 5.16. The first-order chi connectivity index (χ1) is 7.33. The molecule has 0 amide bonds. The number of halogens is 1. The third-order valence-corrected chi connectivity index (χ3v) is 2.23. The summed E-state index contributed by atoms with van der Waals surface area (Å²) in [5.41, 5.74) is 0. The minimum absolute atomic E-state index is 0.511. The second-order valence-electron chi connectivity index (χ2n) is 2.66. The van der Waals surface area contributed by atoms with Gasteiger partial charge >= 0.3 is 0 Å². The zero-order valence-corrected chi connectivity index (χ0v) is 9.88. The van der Waals surface area contributed by atoms with Crippen LogP contribution < -0.4 is 4.74 Å². The lowest BCUT2D eigenvalue weighted by Crippen LogP contribution is -1.87. The van der Waals surface area contributed by atoms with Gasteiger partial charge in [-0.3, -0.25) is 0 Å². The van der Waals surface area contributed by atoms with E-state index < -0.39 is 0 Å². The van der Waals surface area contributed by atoms with E-state index >= 15 is 0 Å². The van der Waals surface area contributed by atoms with Crippen LogP contribution >= 0.6 is 11.6 Å². The van der Waals surface area contributed by atoms with E-state index in [0.717, 1.165) is 16.5 Å². The zero-order valence-electron chi connectivity index (χ0n) is 9.12. The predicted octanol–water partition coefficient (Wildman–Crippen LogP) is 3.92. The highest BCUT2D eigenvalue weighted by molar-refractivity contribution is 6.34. The first kappa shape index (κ1) is 11.8. The Kier molecular flexibility index (Phi) is 4.37. The molecule has 0 N–H and O–H groups in total. The molecule has 2 rings (SSSR count). The Morgan fingerprint density at radius 1 is 1.13 bits per heavy atom. The molecule has 0 aliphatic rings. The van der Waals surface area contributed by atoms with Crippen molar-refractivity contribution in [2.24, 2.45) is 0 Å². The first-order valence-corrected chi connectivity index (χ1v) is 5.28. The topological polar surface area (TPSA) is 22.1 Å². The Morgan fingerprint density at radius 3 is 2.33 bits per heavy atom. The monoisotopic (exact) mass is 223 g/mol. The van der Waals surface area contributed by atoms with Gasteiger partial charge in [-0.25, -0.2) is 4.98 Å². The predicted molar refractivity (Wildman–Crippen MR) is 64.7 cm³/mol. The van der Waals surface area contributed by atoms with Crippen LogP contribution in [0.2, 0.25) is 5.15 Å². The third-order valence-electron chi connectivity index (χ3n) is 1.93. The molecule has 1 aromatic heterocycles. The van der Waals surface area contributed by atoms with Gasteiger partial charge < -0.3 is 4.74 Å². The molecule has 1 heterocycles. The minimum atomic E-state index is 0.511. The van der Waals surface area contributed by atoms with Gasteiger partial charge in [0.25, 0.3) is 0 Å². The summed E-state index contributed by atoms with van der Waals surface area (Å²) in [6.45, 7) is 4.00. The van der Waals surface area contributed by atoms with Crippen LogP contribution in [0.1, 0.15) is 13.8 Å². The van der Waals surface area contributed by atoms with Crippen molar-refractivity contribution in [2.75, 3.05) is 7.11 Å². The highest BCUT2D eigenvalue weighted by atomic mass is 35.5. The zero-order chi connectivity index (χ0) is 11.3. The van der Waals surface area contributed by atoms with Gasteiger partial charge in [0.2, 0.25) is 0 Å². The number of aromatic nitrogens is 1. The van der Waals surface area contributed by atoms with Gasteiger partial charge in [-0.15, -0.1) is 0 Å². The SMILES string of the molecule is CC.COc1cnc(Cl)c2ccccc12. The van der Waals surface area contributed by atoms with E-state index in [-0.39, 0.29) is 0 Å². The van der Waals surface area contributed by atoms with Crippen molar-refractivity contribution >= 4 is 22.4 Å². The fourth-order valence-corrected chi connectivity index (χ4v) is 1.51. The minimum Gasteiger partial charge on any atom is -0.494 e. The molecule has 3 heteroatoms. The van der Waals surface area contributed by atoms with Crippen LogP contribution in [-0.4, -0.2) is 12.1 Å². The fraction of sp³-hybridized carbons (Fsp3) is 0.250. The van der Waals surface area contributed by atoms with Crippen LogP contribution in [0.15, 0.2) is 30.5 Å². The molecular weight excluding hydrogens is 210 g/mol. The summed E-state index contributed by atoms with van der Waals surface area (Å²) in [5.74, 6) is 0.750. The maximum atomic E-state index is 5.92. The second kappa shape index (κ2) is 5.56. The number of hydrogen-bond acceptors (Lipinski definition) is 2. The van der Waals surface area contributed by atoms with E-state index in [9.17, 15) is 0 Å². The van der Waals surface area contributed by atoms with Crippen LogP contribution in [-0.2, 0) is 0 Å². The number of fused-ring (bicyclic) bond motifs is 1. The molecule has 0 saturated heterocycles. The van der Waals surface area contributed by atoms with Crippen LogP contribution in [0.4, 0.5) is 0 Å². The van der Waals surface area contributed by atoms with Crippen molar-refractivity contribution in [3.8, 4) is 5.75 Å². The molecule has 0 fully saturated rings.